The summed E-state index contributed by atoms with van der Waals surface area (Å²) in [4.78, 5) is 13.6. The molecule has 0 bridgehead atoms. The Hall–Kier alpha value is -4.41. The van der Waals surface area contributed by atoms with Crippen molar-refractivity contribution in [3.63, 3.8) is 0 Å². The molecular weight excluding hydrogens is 574 g/mol. The van der Waals surface area contributed by atoms with Gasteiger partial charge in [-0.3, -0.25) is 0 Å². The first-order chi connectivity index (χ1) is 20.2. The van der Waals surface area contributed by atoms with Crippen molar-refractivity contribution in [2.75, 3.05) is 13.7 Å². The molecule has 0 aliphatic rings. The van der Waals surface area contributed by atoms with Gasteiger partial charge < -0.3 is 9.47 Å². The topological polar surface area (TPSA) is 109 Å². The van der Waals surface area contributed by atoms with Crippen LogP contribution in [0.15, 0.2) is 119 Å². The van der Waals surface area contributed by atoms with Crippen LogP contribution in [0.3, 0.4) is 0 Å². The molecular formula is C32H29NO7S2. The Balaban J connectivity index is 1.96. The number of fused-ring (bicyclic) bond motifs is 1. The van der Waals surface area contributed by atoms with Gasteiger partial charge in [-0.2, -0.15) is 0 Å². The highest BCUT2D eigenvalue weighted by atomic mass is 32.2. The SMILES string of the molecule is CCOC(=O)c1c(C(Cc2ccccc2)S(=O)(=O)c2ccccc2)n(S(=O)(=O)c2ccccc2)c2ccc(OC)cc12. The molecule has 8 nitrogen and oxygen atoms in total. The average Bonchev–Trinajstić information content (AvgIpc) is 3.36. The van der Waals surface area contributed by atoms with Gasteiger partial charge >= 0.3 is 5.97 Å². The van der Waals surface area contributed by atoms with E-state index in [1.54, 1.807) is 79.7 Å². The first-order valence-electron chi connectivity index (χ1n) is 13.2. The minimum Gasteiger partial charge on any atom is -0.497 e. The van der Waals surface area contributed by atoms with E-state index in [9.17, 15) is 21.6 Å². The second kappa shape index (κ2) is 11.8. The minimum absolute atomic E-state index is 0.00482. The van der Waals surface area contributed by atoms with E-state index in [-0.39, 0.29) is 45.0 Å². The van der Waals surface area contributed by atoms with Gasteiger partial charge in [-0.15, -0.1) is 0 Å². The Morgan fingerprint density at radius 3 is 1.93 bits per heavy atom. The molecule has 1 aromatic heterocycles. The highest BCUT2D eigenvalue weighted by Crippen LogP contribution is 2.42. The van der Waals surface area contributed by atoms with E-state index in [0.717, 1.165) is 3.97 Å². The van der Waals surface area contributed by atoms with Crippen LogP contribution in [0.4, 0.5) is 0 Å². The molecule has 10 heteroatoms. The van der Waals surface area contributed by atoms with Crippen molar-refractivity contribution in [1.29, 1.82) is 0 Å². The number of esters is 1. The standard InChI is InChI=1S/C32H29NO7S2/c1-3-40-32(34)30-27-22-24(39-2)19-20-28(27)33(42(37,38)26-17-11-6-12-18-26)31(30)29(21-23-13-7-4-8-14-23)41(35,36)25-15-9-5-10-16-25/h4-20,22,29H,3,21H2,1-2H3. The van der Waals surface area contributed by atoms with Crippen molar-refractivity contribution >= 4 is 36.7 Å². The van der Waals surface area contributed by atoms with Crippen LogP contribution < -0.4 is 4.74 Å². The summed E-state index contributed by atoms with van der Waals surface area (Å²) in [6, 6.07) is 29.0. The molecule has 42 heavy (non-hydrogen) atoms. The molecule has 0 aliphatic heterocycles. The van der Waals surface area contributed by atoms with E-state index in [1.807, 2.05) is 0 Å². The van der Waals surface area contributed by atoms with Crippen molar-refractivity contribution in [1.82, 2.24) is 3.97 Å². The number of hydrogen-bond donors (Lipinski definition) is 0. The van der Waals surface area contributed by atoms with E-state index in [0.29, 0.717) is 11.3 Å². The number of carbonyl (C=O) groups is 1. The van der Waals surface area contributed by atoms with Gasteiger partial charge in [0.1, 0.15) is 11.0 Å². The summed E-state index contributed by atoms with van der Waals surface area (Å²) in [5.74, 6) is -0.478. The van der Waals surface area contributed by atoms with Gasteiger partial charge in [-0.25, -0.2) is 25.6 Å². The van der Waals surface area contributed by atoms with E-state index in [2.05, 4.69) is 0 Å². The van der Waals surface area contributed by atoms with Gasteiger partial charge in [0.2, 0.25) is 0 Å². The number of carbonyl (C=O) groups excluding carboxylic acids is 1. The van der Waals surface area contributed by atoms with Crippen LogP contribution in [0.2, 0.25) is 0 Å². The highest BCUT2D eigenvalue weighted by molar-refractivity contribution is 7.92. The second-order valence-electron chi connectivity index (χ2n) is 9.48. The number of methoxy groups -OCH3 is 1. The Labute approximate surface area is 245 Å². The minimum atomic E-state index is -4.42. The molecule has 0 N–H and O–H groups in total. The Morgan fingerprint density at radius 2 is 1.36 bits per heavy atom. The summed E-state index contributed by atoms with van der Waals surface area (Å²) in [5, 5.41) is -1.29. The highest BCUT2D eigenvalue weighted by Gasteiger charge is 2.41. The molecule has 1 heterocycles. The summed E-state index contributed by atoms with van der Waals surface area (Å²) < 4.78 is 69.6. The molecule has 1 atom stereocenters. The predicted molar refractivity (Wildman–Crippen MR) is 160 cm³/mol. The van der Waals surface area contributed by atoms with Crippen molar-refractivity contribution in [3.8, 4) is 5.75 Å². The van der Waals surface area contributed by atoms with Crippen LogP contribution in [0.25, 0.3) is 10.9 Å². The van der Waals surface area contributed by atoms with Crippen LogP contribution in [-0.2, 0) is 31.0 Å². The third-order valence-electron chi connectivity index (χ3n) is 6.94. The number of benzene rings is 4. The third-order valence-corrected chi connectivity index (χ3v) is 10.8. The number of ether oxygens (including phenoxy) is 2. The smallest absolute Gasteiger partial charge is 0.340 e. The van der Waals surface area contributed by atoms with E-state index in [1.165, 1.54) is 43.5 Å². The molecule has 5 aromatic rings. The molecule has 216 valence electrons. The monoisotopic (exact) mass is 603 g/mol. The lowest BCUT2D eigenvalue weighted by atomic mass is 10.0. The molecule has 0 saturated carbocycles. The molecule has 0 aliphatic carbocycles. The van der Waals surface area contributed by atoms with Crippen LogP contribution in [0.1, 0.15) is 33.8 Å². The lowest BCUT2D eigenvalue weighted by Crippen LogP contribution is -2.26. The summed E-state index contributed by atoms with van der Waals surface area (Å²) in [6.45, 7) is 1.62. The molecule has 4 aromatic carbocycles. The molecule has 0 saturated heterocycles. The van der Waals surface area contributed by atoms with Gasteiger partial charge in [-0.05, 0) is 61.4 Å². The molecule has 5 rings (SSSR count). The zero-order chi connectivity index (χ0) is 29.9. The summed E-state index contributed by atoms with van der Waals surface area (Å²) in [7, 11) is -7.25. The Kier molecular flexibility index (Phi) is 8.20. The predicted octanol–water partition coefficient (Wildman–Crippen LogP) is 5.82. The zero-order valence-electron chi connectivity index (χ0n) is 23.0. The average molecular weight is 604 g/mol. The maximum absolute atomic E-state index is 14.5. The first kappa shape index (κ1) is 29.1. The van der Waals surface area contributed by atoms with Crippen LogP contribution in [0.5, 0.6) is 5.75 Å². The van der Waals surface area contributed by atoms with E-state index >= 15 is 0 Å². The molecule has 1 unspecified atom stereocenters. The number of hydrogen-bond acceptors (Lipinski definition) is 7. The van der Waals surface area contributed by atoms with Crippen LogP contribution >= 0.6 is 0 Å². The lowest BCUT2D eigenvalue weighted by molar-refractivity contribution is 0.0527. The fourth-order valence-electron chi connectivity index (χ4n) is 5.01. The summed E-state index contributed by atoms with van der Waals surface area (Å²) in [5.41, 5.74) is 0.418. The maximum atomic E-state index is 14.5. The molecule has 0 spiro atoms. The Morgan fingerprint density at radius 1 is 0.786 bits per heavy atom. The van der Waals surface area contributed by atoms with Crippen LogP contribution in [-0.4, -0.2) is 40.5 Å². The van der Waals surface area contributed by atoms with Crippen LogP contribution in [0, 0.1) is 0 Å². The zero-order valence-corrected chi connectivity index (χ0v) is 24.6. The summed E-state index contributed by atoms with van der Waals surface area (Å²) >= 11 is 0. The van der Waals surface area contributed by atoms with Crippen molar-refractivity contribution < 1.29 is 31.1 Å². The fourth-order valence-corrected chi connectivity index (χ4v) is 8.48. The Bertz CT molecular complexity index is 1940. The first-order valence-corrected chi connectivity index (χ1v) is 16.2. The molecule has 0 radical (unpaired) electrons. The number of rotatable bonds is 10. The number of aromatic nitrogens is 1. The third kappa shape index (κ3) is 5.31. The fraction of sp³-hybridized carbons (Fsp3) is 0.156. The van der Waals surface area contributed by atoms with Crippen molar-refractivity contribution in [2.45, 2.75) is 28.4 Å². The second-order valence-corrected chi connectivity index (χ2v) is 13.4. The number of nitrogens with zero attached hydrogens (tertiary/aromatic N) is 1. The maximum Gasteiger partial charge on any atom is 0.340 e. The summed E-state index contributed by atoms with van der Waals surface area (Å²) in [6.07, 6.45) is -0.109. The van der Waals surface area contributed by atoms with Gasteiger partial charge in [0.05, 0.1) is 40.3 Å². The molecule has 0 amide bonds. The number of sulfone groups is 1. The largest absolute Gasteiger partial charge is 0.497 e. The quantitative estimate of drug-likeness (QED) is 0.185. The molecule has 0 fully saturated rings. The van der Waals surface area contributed by atoms with Gasteiger partial charge in [0, 0.05) is 5.39 Å². The van der Waals surface area contributed by atoms with Crippen molar-refractivity contribution in [3.05, 3.63) is 126 Å². The normalized spacial score (nSPS) is 12.6. The van der Waals surface area contributed by atoms with Gasteiger partial charge in [0.15, 0.2) is 9.84 Å². The van der Waals surface area contributed by atoms with E-state index in [4.69, 9.17) is 9.47 Å². The van der Waals surface area contributed by atoms with Gasteiger partial charge in [-0.1, -0.05) is 66.7 Å². The van der Waals surface area contributed by atoms with E-state index < -0.39 is 31.1 Å². The van der Waals surface area contributed by atoms with Crippen molar-refractivity contribution in [2.24, 2.45) is 0 Å². The van der Waals surface area contributed by atoms with Gasteiger partial charge in [0.25, 0.3) is 10.0 Å². The lowest BCUT2D eigenvalue weighted by Gasteiger charge is -2.22.